The van der Waals surface area contributed by atoms with Crippen molar-refractivity contribution in [1.82, 2.24) is 10.2 Å². The van der Waals surface area contributed by atoms with Gasteiger partial charge in [-0.1, -0.05) is 0 Å². The van der Waals surface area contributed by atoms with Crippen LogP contribution in [0.15, 0.2) is 0 Å². The Bertz CT molecular complexity index is 322. The molecule has 7 heteroatoms. The summed E-state index contributed by atoms with van der Waals surface area (Å²) in [6, 6.07) is 0. The first-order chi connectivity index (χ1) is 9.47. The normalized spacial score (nSPS) is 28.2. The molecule has 0 bridgehead atoms. The number of alkyl halides is 3. The van der Waals surface area contributed by atoms with Gasteiger partial charge < -0.3 is 15.0 Å². The molecule has 0 aromatic rings. The van der Waals surface area contributed by atoms with E-state index in [-0.39, 0.29) is 31.5 Å². The largest absolute Gasteiger partial charge is 0.449 e. The quantitative estimate of drug-likeness (QED) is 0.850. The molecule has 1 saturated heterocycles. The van der Waals surface area contributed by atoms with E-state index in [1.54, 1.807) is 4.90 Å². The van der Waals surface area contributed by atoms with Gasteiger partial charge in [0.1, 0.15) is 0 Å². The number of ether oxygens (including phenoxy) is 1. The summed E-state index contributed by atoms with van der Waals surface area (Å²) in [5.41, 5.74) is 0. The number of carbonyl (C=O) groups excluding carboxylic acids is 1. The number of hydrogen-bond acceptors (Lipinski definition) is 3. The summed E-state index contributed by atoms with van der Waals surface area (Å²) < 4.78 is 42.8. The Morgan fingerprint density at radius 3 is 2.30 bits per heavy atom. The SMILES string of the molecule is O=C(OCC1CCC(C(F)(F)F)CC1)N1CCNCC1. The maximum absolute atomic E-state index is 12.5. The first kappa shape index (κ1) is 15.4. The molecule has 20 heavy (non-hydrogen) atoms. The zero-order valence-corrected chi connectivity index (χ0v) is 11.4. The van der Waals surface area contributed by atoms with Crippen molar-refractivity contribution < 1.29 is 22.7 Å². The van der Waals surface area contributed by atoms with Gasteiger partial charge in [-0.2, -0.15) is 13.2 Å². The maximum atomic E-state index is 12.5. The lowest BCUT2D eigenvalue weighted by atomic mass is 9.82. The van der Waals surface area contributed by atoms with Gasteiger partial charge in [-0.3, -0.25) is 0 Å². The lowest BCUT2D eigenvalue weighted by molar-refractivity contribution is -0.184. The summed E-state index contributed by atoms with van der Waals surface area (Å²) in [4.78, 5) is 13.4. The highest BCUT2D eigenvalue weighted by atomic mass is 19.4. The van der Waals surface area contributed by atoms with Gasteiger partial charge >= 0.3 is 12.3 Å². The molecule has 4 nitrogen and oxygen atoms in total. The molecule has 0 radical (unpaired) electrons. The fraction of sp³-hybridized carbons (Fsp3) is 0.923. The summed E-state index contributed by atoms with van der Waals surface area (Å²) >= 11 is 0. The molecule has 0 aromatic heterocycles. The van der Waals surface area contributed by atoms with Crippen LogP contribution in [0.25, 0.3) is 0 Å². The standard InChI is InChI=1S/C13H21F3N2O2/c14-13(15,16)11-3-1-10(2-4-11)9-20-12(19)18-7-5-17-6-8-18/h10-11,17H,1-9H2. The van der Waals surface area contributed by atoms with E-state index in [4.69, 9.17) is 4.74 Å². The van der Waals surface area contributed by atoms with Crippen LogP contribution in [0.1, 0.15) is 25.7 Å². The lowest BCUT2D eigenvalue weighted by Crippen LogP contribution is -2.46. The number of amides is 1. The second kappa shape index (κ2) is 6.65. The summed E-state index contributed by atoms with van der Waals surface area (Å²) in [6.07, 6.45) is -3.15. The van der Waals surface area contributed by atoms with Gasteiger partial charge in [0, 0.05) is 26.2 Å². The molecule has 2 fully saturated rings. The predicted octanol–water partition coefficient (Wildman–Crippen LogP) is 2.40. The third-order valence-corrected chi connectivity index (χ3v) is 4.13. The van der Waals surface area contributed by atoms with Crippen LogP contribution in [0.5, 0.6) is 0 Å². The number of nitrogens with zero attached hydrogens (tertiary/aromatic N) is 1. The minimum absolute atomic E-state index is 0.0699. The topological polar surface area (TPSA) is 41.6 Å². The van der Waals surface area contributed by atoms with Crippen molar-refractivity contribution in [3.05, 3.63) is 0 Å². The molecule has 116 valence electrons. The molecule has 2 rings (SSSR count). The second-order valence-corrected chi connectivity index (χ2v) is 5.57. The van der Waals surface area contributed by atoms with Gasteiger partial charge in [0.05, 0.1) is 12.5 Å². The fourth-order valence-electron chi connectivity index (χ4n) is 2.78. The maximum Gasteiger partial charge on any atom is 0.409 e. The molecule has 1 aliphatic carbocycles. The van der Waals surface area contributed by atoms with Crippen LogP contribution in [-0.2, 0) is 4.74 Å². The van der Waals surface area contributed by atoms with Crippen molar-refractivity contribution in [2.45, 2.75) is 31.9 Å². The number of rotatable bonds is 2. The summed E-state index contributed by atoms with van der Waals surface area (Å²) in [5, 5.41) is 3.14. The molecule has 0 aromatic carbocycles. The monoisotopic (exact) mass is 294 g/mol. The third kappa shape index (κ3) is 4.26. The molecule has 0 atom stereocenters. The minimum Gasteiger partial charge on any atom is -0.449 e. The Hall–Kier alpha value is -0.980. The van der Waals surface area contributed by atoms with Crippen molar-refractivity contribution in [2.24, 2.45) is 11.8 Å². The van der Waals surface area contributed by atoms with Crippen LogP contribution in [-0.4, -0.2) is 50.0 Å². The highest BCUT2D eigenvalue weighted by molar-refractivity contribution is 5.67. The summed E-state index contributed by atoms with van der Waals surface area (Å²) in [7, 11) is 0. The number of nitrogens with one attached hydrogen (secondary N) is 1. The number of carbonyl (C=O) groups is 1. The van der Waals surface area contributed by atoms with Crippen LogP contribution in [0, 0.1) is 11.8 Å². The van der Waals surface area contributed by atoms with Crippen molar-refractivity contribution in [3.63, 3.8) is 0 Å². The van der Waals surface area contributed by atoms with Crippen LogP contribution in [0.2, 0.25) is 0 Å². The van der Waals surface area contributed by atoms with Crippen molar-refractivity contribution in [3.8, 4) is 0 Å². The van der Waals surface area contributed by atoms with Crippen molar-refractivity contribution in [2.75, 3.05) is 32.8 Å². The van der Waals surface area contributed by atoms with Gasteiger partial charge in [-0.25, -0.2) is 4.79 Å². The van der Waals surface area contributed by atoms with E-state index in [0.717, 1.165) is 13.1 Å². The summed E-state index contributed by atoms with van der Waals surface area (Å²) in [6.45, 7) is 3.00. The van der Waals surface area contributed by atoms with Gasteiger partial charge in [0.2, 0.25) is 0 Å². The zero-order valence-electron chi connectivity index (χ0n) is 11.4. The van der Waals surface area contributed by atoms with E-state index in [2.05, 4.69) is 5.32 Å². The zero-order chi connectivity index (χ0) is 14.6. The van der Waals surface area contributed by atoms with Gasteiger partial charge in [0.25, 0.3) is 0 Å². The molecular formula is C13H21F3N2O2. The number of piperazine rings is 1. The molecule has 0 unspecified atom stereocenters. The molecule has 1 aliphatic heterocycles. The van der Waals surface area contributed by atoms with E-state index >= 15 is 0 Å². The fourth-order valence-corrected chi connectivity index (χ4v) is 2.78. The minimum atomic E-state index is -4.08. The smallest absolute Gasteiger partial charge is 0.409 e. The van der Waals surface area contributed by atoms with Crippen molar-refractivity contribution in [1.29, 1.82) is 0 Å². The Kier molecular flexibility index (Phi) is 5.12. The second-order valence-electron chi connectivity index (χ2n) is 5.57. The van der Waals surface area contributed by atoms with E-state index in [1.165, 1.54) is 0 Å². The van der Waals surface area contributed by atoms with E-state index in [1.807, 2.05) is 0 Å². The Morgan fingerprint density at radius 1 is 1.15 bits per heavy atom. The third-order valence-electron chi connectivity index (χ3n) is 4.13. The molecule has 0 spiro atoms. The summed E-state index contributed by atoms with van der Waals surface area (Å²) in [5.74, 6) is -1.11. The van der Waals surface area contributed by atoms with E-state index in [9.17, 15) is 18.0 Å². The molecular weight excluding hydrogens is 273 g/mol. The first-order valence-electron chi connectivity index (χ1n) is 7.16. The molecule has 1 amide bonds. The first-order valence-corrected chi connectivity index (χ1v) is 7.16. The van der Waals surface area contributed by atoms with Crippen LogP contribution in [0.3, 0.4) is 0 Å². The average Bonchev–Trinajstić information content (AvgIpc) is 2.45. The van der Waals surface area contributed by atoms with Crippen LogP contribution < -0.4 is 5.32 Å². The van der Waals surface area contributed by atoms with Crippen molar-refractivity contribution >= 4 is 6.09 Å². The van der Waals surface area contributed by atoms with E-state index in [0.29, 0.717) is 25.9 Å². The Balaban J connectivity index is 1.67. The lowest BCUT2D eigenvalue weighted by Gasteiger charge is -2.31. The Morgan fingerprint density at radius 2 is 1.75 bits per heavy atom. The van der Waals surface area contributed by atoms with Gasteiger partial charge in [-0.05, 0) is 31.6 Å². The van der Waals surface area contributed by atoms with Crippen LogP contribution in [0.4, 0.5) is 18.0 Å². The molecule has 1 heterocycles. The average molecular weight is 294 g/mol. The Labute approximate surface area is 116 Å². The number of halogens is 3. The molecule has 2 aliphatic rings. The van der Waals surface area contributed by atoms with Gasteiger partial charge in [0.15, 0.2) is 0 Å². The predicted molar refractivity (Wildman–Crippen MR) is 67.3 cm³/mol. The van der Waals surface area contributed by atoms with E-state index < -0.39 is 12.1 Å². The highest BCUT2D eigenvalue weighted by Gasteiger charge is 2.41. The molecule has 1 saturated carbocycles. The molecule has 1 N–H and O–H groups in total. The van der Waals surface area contributed by atoms with Gasteiger partial charge in [-0.15, -0.1) is 0 Å². The highest BCUT2D eigenvalue weighted by Crippen LogP contribution is 2.39. The van der Waals surface area contributed by atoms with Crippen LogP contribution >= 0.6 is 0 Å². The number of hydrogen-bond donors (Lipinski definition) is 1.